The molecule has 0 atom stereocenters. The minimum atomic E-state index is -1.18. The van der Waals surface area contributed by atoms with Gasteiger partial charge in [-0.1, -0.05) is 0 Å². The molecule has 0 saturated carbocycles. The molecule has 0 amide bonds. The van der Waals surface area contributed by atoms with Crippen LogP contribution in [0.1, 0.15) is 29.5 Å². The Hall–Kier alpha value is -2.22. The van der Waals surface area contributed by atoms with Gasteiger partial charge in [-0.05, 0) is 80.9 Å². The summed E-state index contributed by atoms with van der Waals surface area (Å²) in [5, 5.41) is 22.1. The Kier molecular flexibility index (Phi) is 7.60. The van der Waals surface area contributed by atoms with Crippen molar-refractivity contribution in [3.05, 3.63) is 68.0 Å². The maximum atomic E-state index is 13.4. The van der Waals surface area contributed by atoms with Gasteiger partial charge in [0.2, 0.25) is 11.8 Å². The third-order valence-electron chi connectivity index (χ3n) is 5.55. The first-order valence-electron chi connectivity index (χ1n) is 9.94. The molecule has 0 bridgehead atoms. The van der Waals surface area contributed by atoms with Crippen LogP contribution in [0.25, 0.3) is 0 Å². The van der Waals surface area contributed by atoms with Crippen LogP contribution in [0.15, 0.2) is 30.7 Å². The first-order chi connectivity index (χ1) is 15.8. The van der Waals surface area contributed by atoms with E-state index in [1.165, 1.54) is 46.5 Å². The van der Waals surface area contributed by atoms with Crippen molar-refractivity contribution in [3.63, 3.8) is 0 Å². The summed E-state index contributed by atoms with van der Waals surface area (Å²) in [6.07, 6.45) is 0. The highest BCUT2D eigenvalue weighted by molar-refractivity contribution is 9.11. The fourth-order valence-electron chi connectivity index (χ4n) is 3.73. The molecule has 0 unspecified atom stereocenters. The molecule has 2 N–H and O–H groups in total. The first-order valence-corrected chi connectivity index (χ1v) is 12.3. The smallest absolute Gasteiger partial charge is 0.262 e. The van der Waals surface area contributed by atoms with Gasteiger partial charge in [0, 0.05) is 28.2 Å². The van der Waals surface area contributed by atoms with Crippen LogP contribution >= 0.6 is 56.3 Å². The number of hydrogen-bond acceptors (Lipinski definition) is 7. The second-order valence-corrected chi connectivity index (χ2v) is 10.0. The van der Waals surface area contributed by atoms with Gasteiger partial charge in [-0.25, -0.2) is 0 Å². The minimum absolute atomic E-state index is 0.0858. The number of ether oxygens (including phenoxy) is 1. The summed E-state index contributed by atoms with van der Waals surface area (Å²) in [5.41, 5.74) is -1.06. The summed E-state index contributed by atoms with van der Waals surface area (Å²) in [6.45, 7) is 2.25. The van der Waals surface area contributed by atoms with Crippen molar-refractivity contribution in [2.75, 3.05) is 6.61 Å². The second kappa shape index (κ2) is 9.80. The van der Waals surface area contributed by atoms with Crippen LogP contribution in [0, 0.1) is 9.54 Å². The highest BCUT2D eigenvalue weighted by Crippen LogP contribution is 2.42. The maximum absolute atomic E-state index is 13.4. The van der Waals surface area contributed by atoms with E-state index in [-0.39, 0.29) is 20.7 Å². The van der Waals surface area contributed by atoms with Gasteiger partial charge in [-0.15, -0.1) is 0 Å². The van der Waals surface area contributed by atoms with E-state index in [0.717, 1.165) is 0 Å². The number of halogens is 2. The SMILES string of the molecule is CCOc1c(Br)cc(C(c2c(O)n(C)c(=S)n(C)c2=O)c2c(O)n(C)c(=S)n(C)c2=O)cc1Br. The molecule has 0 radical (unpaired) electrons. The standard InChI is InChI=1S/C21H22Br2N4O5S2/c1-6-32-15-10(22)7-9(8-11(15)23)12(13-16(28)24(2)20(33)25(3)17(13)29)14-18(30)26(4)21(34)27(5)19(14)31/h7-8,12,28,30H,6H2,1-5H3. The van der Waals surface area contributed by atoms with Gasteiger partial charge in [0.1, 0.15) is 5.75 Å². The number of rotatable bonds is 5. The van der Waals surface area contributed by atoms with Crippen molar-refractivity contribution < 1.29 is 14.9 Å². The molecule has 34 heavy (non-hydrogen) atoms. The molecule has 9 nitrogen and oxygen atoms in total. The average molecular weight is 634 g/mol. The van der Waals surface area contributed by atoms with Gasteiger partial charge in [0.05, 0.1) is 32.6 Å². The molecule has 0 aliphatic rings. The number of hydrogen-bond donors (Lipinski definition) is 2. The molecule has 3 rings (SSSR count). The van der Waals surface area contributed by atoms with Gasteiger partial charge in [0.15, 0.2) is 9.54 Å². The van der Waals surface area contributed by atoms with Crippen LogP contribution in [0.4, 0.5) is 0 Å². The van der Waals surface area contributed by atoms with Crippen LogP contribution in [0.5, 0.6) is 17.5 Å². The summed E-state index contributed by atoms with van der Waals surface area (Å²) in [5.74, 6) is -1.50. The molecular formula is C21H22Br2N4O5S2. The third kappa shape index (κ3) is 4.18. The summed E-state index contributed by atoms with van der Waals surface area (Å²) >= 11 is 17.5. The normalized spacial score (nSPS) is 11.3. The molecule has 0 spiro atoms. The zero-order valence-electron chi connectivity index (χ0n) is 18.9. The Balaban J connectivity index is 2.58. The monoisotopic (exact) mass is 632 g/mol. The first kappa shape index (κ1) is 26.4. The Bertz CT molecular complexity index is 1450. The summed E-state index contributed by atoms with van der Waals surface area (Å²) < 4.78 is 11.8. The molecule has 182 valence electrons. The van der Waals surface area contributed by atoms with Crippen molar-refractivity contribution in [1.29, 1.82) is 0 Å². The number of aromatic nitrogens is 4. The molecule has 0 fully saturated rings. The fraction of sp³-hybridized carbons (Fsp3) is 0.333. The van der Waals surface area contributed by atoms with Crippen LogP contribution in [-0.2, 0) is 28.2 Å². The summed E-state index contributed by atoms with van der Waals surface area (Å²) in [6, 6.07) is 3.34. The third-order valence-corrected chi connectivity index (χ3v) is 7.83. The lowest BCUT2D eigenvalue weighted by atomic mass is 9.86. The average Bonchev–Trinajstić information content (AvgIpc) is 2.80. The zero-order chi connectivity index (χ0) is 25.6. The quantitative estimate of drug-likeness (QED) is 0.413. The molecule has 2 heterocycles. The van der Waals surface area contributed by atoms with E-state index in [2.05, 4.69) is 31.9 Å². The summed E-state index contributed by atoms with van der Waals surface area (Å²) in [4.78, 5) is 26.8. The van der Waals surface area contributed by atoms with Crippen molar-refractivity contribution >= 4 is 56.3 Å². The largest absolute Gasteiger partial charge is 0.494 e. The van der Waals surface area contributed by atoms with E-state index in [0.29, 0.717) is 26.9 Å². The molecule has 3 aromatic rings. The molecule has 0 saturated heterocycles. The van der Waals surface area contributed by atoms with Crippen LogP contribution in [-0.4, -0.2) is 35.1 Å². The number of nitrogens with zero attached hydrogens (tertiary/aromatic N) is 4. The Morgan fingerprint density at radius 3 is 1.59 bits per heavy atom. The van der Waals surface area contributed by atoms with Gasteiger partial charge in [-0.2, -0.15) is 0 Å². The fourth-order valence-corrected chi connectivity index (χ4v) is 5.52. The predicted molar refractivity (Wildman–Crippen MR) is 140 cm³/mol. The number of aromatic hydroxyl groups is 2. The maximum Gasteiger partial charge on any atom is 0.262 e. The van der Waals surface area contributed by atoms with E-state index in [1.54, 1.807) is 12.1 Å². The second-order valence-electron chi connectivity index (χ2n) is 7.57. The van der Waals surface area contributed by atoms with Crippen LogP contribution in [0.2, 0.25) is 0 Å². The molecule has 2 aromatic heterocycles. The van der Waals surface area contributed by atoms with Crippen molar-refractivity contribution in [1.82, 2.24) is 18.3 Å². The van der Waals surface area contributed by atoms with E-state index in [9.17, 15) is 19.8 Å². The van der Waals surface area contributed by atoms with Gasteiger partial charge < -0.3 is 14.9 Å². The van der Waals surface area contributed by atoms with Crippen LogP contribution in [0.3, 0.4) is 0 Å². The minimum Gasteiger partial charge on any atom is -0.494 e. The van der Waals surface area contributed by atoms with E-state index < -0.39 is 28.8 Å². The molecule has 1 aromatic carbocycles. The van der Waals surface area contributed by atoms with Crippen molar-refractivity contribution in [3.8, 4) is 17.5 Å². The van der Waals surface area contributed by atoms with Gasteiger partial charge in [-0.3, -0.25) is 27.9 Å². The van der Waals surface area contributed by atoms with E-state index in [1.807, 2.05) is 6.92 Å². The lowest BCUT2D eigenvalue weighted by Crippen LogP contribution is -2.33. The zero-order valence-corrected chi connectivity index (χ0v) is 23.7. The summed E-state index contributed by atoms with van der Waals surface area (Å²) in [7, 11) is 5.95. The molecule has 13 heteroatoms. The highest BCUT2D eigenvalue weighted by Gasteiger charge is 2.33. The Labute approximate surface area is 221 Å². The van der Waals surface area contributed by atoms with E-state index in [4.69, 9.17) is 29.2 Å². The Morgan fingerprint density at radius 2 is 1.24 bits per heavy atom. The van der Waals surface area contributed by atoms with Crippen molar-refractivity contribution in [2.45, 2.75) is 12.8 Å². The predicted octanol–water partition coefficient (Wildman–Crippen LogP) is 3.74. The lowest BCUT2D eigenvalue weighted by Gasteiger charge is -2.24. The number of benzene rings is 1. The van der Waals surface area contributed by atoms with Crippen molar-refractivity contribution in [2.24, 2.45) is 28.2 Å². The van der Waals surface area contributed by atoms with E-state index >= 15 is 0 Å². The van der Waals surface area contributed by atoms with Gasteiger partial charge >= 0.3 is 0 Å². The Morgan fingerprint density at radius 1 is 0.853 bits per heavy atom. The molecule has 0 aliphatic heterocycles. The molecule has 0 aliphatic carbocycles. The highest BCUT2D eigenvalue weighted by atomic mass is 79.9. The molecular weight excluding hydrogens is 612 g/mol. The lowest BCUT2D eigenvalue weighted by molar-refractivity contribution is 0.336. The van der Waals surface area contributed by atoms with Gasteiger partial charge in [0.25, 0.3) is 11.1 Å². The topological polar surface area (TPSA) is 104 Å². The van der Waals surface area contributed by atoms with Crippen LogP contribution < -0.4 is 15.9 Å².